The molecule has 1 saturated carbocycles. The average molecular weight is 236 g/mol. The van der Waals surface area contributed by atoms with Crippen molar-refractivity contribution in [1.82, 2.24) is 4.98 Å². The van der Waals surface area contributed by atoms with E-state index in [1.54, 1.807) is 13.3 Å². The van der Waals surface area contributed by atoms with Gasteiger partial charge in [-0.05, 0) is 32.2 Å². The Balaban J connectivity index is 2.12. The van der Waals surface area contributed by atoms with Crippen molar-refractivity contribution in [2.24, 2.45) is 5.73 Å². The predicted octanol–water partition coefficient (Wildman–Crippen LogP) is 1.91. The molecular weight excluding hydrogens is 216 g/mol. The van der Waals surface area contributed by atoms with E-state index in [0.717, 1.165) is 30.7 Å². The fourth-order valence-electron chi connectivity index (χ4n) is 2.18. The molecule has 0 atom stereocenters. The smallest absolute Gasteiger partial charge is 0.179 e. The SMILES string of the molecule is COc1cnc(CCN)cc1OC1CCCC1. The van der Waals surface area contributed by atoms with Gasteiger partial charge in [-0.25, -0.2) is 0 Å². The van der Waals surface area contributed by atoms with Gasteiger partial charge in [-0.3, -0.25) is 4.98 Å². The van der Waals surface area contributed by atoms with Crippen LogP contribution in [0.2, 0.25) is 0 Å². The maximum Gasteiger partial charge on any atom is 0.179 e. The molecule has 1 aliphatic rings. The molecule has 2 N–H and O–H groups in total. The Hall–Kier alpha value is -1.29. The number of nitrogens with zero attached hydrogens (tertiary/aromatic N) is 1. The third-order valence-electron chi connectivity index (χ3n) is 3.10. The second-order valence-electron chi connectivity index (χ2n) is 4.39. The Morgan fingerprint density at radius 3 is 2.76 bits per heavy atom. The molecule has 17 heavy (non-hydrogen) atoms. The first-order valence-electron chi connectivity index (χ1n) is 6.23. The van der Waals surface area contributed by atoms with E-state index < -0.39 is 0 Å². The summed E-state index contributed by atoms with van der Waals surface area (Å²) in [6.07, 6.45) is 7.61. The maximum absolute atomic E-state index is 5.98. The lowest BCUT2D eigenvalue weighted by molar-refractivity contribution is 0.200. The molecule has 0 amide bonds. The van der Waals surface area contributed by atoms with Gasteiger partial charge in [0.05, 0.1) is 19.4 Å². The lowest BCUT2D eigenvalue weighted by atomic mass is 10.2. The Bertz CT molecular complexity index is 362. The number of pyridine rings is 1. The lowest BCUT2D eigenvalue weighted by Crippen LogP contribution is -2.12. The number of methoxy groups -OCH3 is 1. The number of hydrogen-bond donors (Lipinski definition) is 1. The fraction of sp³-hybridized carbons (Fsp3) is 0.615. The van der Waals surface area contributed by atoms with Gasteiger partial charge in [-0.15, -0.1) is 0 Å². The van der Waals surface area contributed by atoms with Crippen LogP contribution in [0, 0.1) is 0 Å². The highest BCUT2D eigenvalue weighted by Crippen LogP contribution is 2.31. The molecule has 0 radical (unpaired) electrons. The average Bonchev–Trinajstić information content (AvgIpc) is 2.83. The van der Waals surface area contributed by atoms with Gasteiger partial charge < -0.3 is 15.2 Å². The second kappa shape index (κ2) is 5.87. The normalized spacial score (nSPS) is 16.1. The Morgan fingerprint density at radius 1 is 1.35 bits per heavy atom. The molecule has 1 aromatic heterocycles. The molecular formula is C13H20N2O2. The molecule has 0 aromatic carbocycles. The van der Waals surface area contributed by atoms with E-state index >= 15 is 0 Å². The van der Waals surface area contributed by atoms with E-state index in [2.05, 4.69) is 4.98 Å². The van der Waals surface area contributed by atoms with E-state index in [1.807, 2.05) is 6.07 Å². The highest BCUT2D eigenvalue weighted by atomic mass is 16.5. The minimum absolute atomic E-state index is 0.331. The van der Waals surface area contributed by atoms with E-state index in [9.17, 15) is 0 Å². The maximum atomic E-state index is 5.98. The summed E-state index contributed by atoms with van der Waals surface area (Å²) in [5, 5.41) is 0. The molecule has 0 saturated heterocycles. The summed E-state index contributed by atoms with van der Waals surface area (Å²) in [6.45, 7) is 0.599. The highest BCUT2D eigenvalue weighted by molar-refractivity contribution is 5.39. The molecule has 1 fully saturated rings. The summed E-state index contributed by atoms with van der Waals surface area (Å²) < 4.78 is 11.2. The molecule has 0 aliphatic heterocycles. The van der Waals surface area contributed by atoms with Crippen molar-refractivity contribution < 1.29 is 9.47 Å². The van der Waals surface area contributed by atoms with E-state index in [0.29, 0.717) is 18.4 Å². The van der Waals surface area contributed by atoms with Crippen LogP contribution in [0.4, 0.5) is 0 Å². The topological polar surface area (TPSA) is 57.4 Å². The van der Waals surface area contributed by atoms with Gasteiger partial charge in [-0.1, -0.05) is 0 Å². The van der Waals surface area contributed by atoms with Gasteiger partial charge in [0, 0.05) is 18.2 Å². The third-order valence-corrected chi connectivity index (χ3v) is 3.10. The van der Waals surface area contributed by atoms with Crippen LogP contribution in [0.3, 0.4) is 0 Å². The molecule has 0 unspecified atom stereocenters. The first kappa shape index (κ1) is 12.2. The van der Waals surface area contributed by atoms with E-state index in [1.165, 1.54) is 12.8 Å². The zero-order valence-electron chi connectivity index (χ0n) is 10.3. The second-order valence-corrected chi connectivity index (χ2v) is 4.39. The van der Waals surface area contributed by atoms with Crippen LogP contribution in [0.25, 0.3) is 0 Å². The van der Waals surface area contributed by atoms with Gasteiger partial charge in [0.1, 0.15) is 0 Å². The van der Waals surface area contributed by atoms with Crippen molar-refractivity contribution in [3.05, 3.63) is 18.0 Å². The summed E-state index contributed by atoms with van der Waals surface area (Å²) in [6, 6.07) is 1.95. The zero-order chi connectivity index (χ0) is 12.1. The lowest BCUT2D eigenvalue weighted by Gasteiger charge is -2.16. The minimum Gasteiger partial charge on any atom is -0.491 e. The van der Waals surface area contributed by atoms with Crippen LogP contribution in [-0.4, -0.2) is 24.7 Å². The third kappa shape index (κ3) is 3.09. The van der Waals surface area contributed by atoms with Crippen LogP contribution < -0.4 is 15.2 Å². The van der Waals surface area contributed by atoms with Crippen LogP contribution >= 0.6 is 0 Å². The van der Waals surface area contributed by atoms with Crippen molar-refractivity contribution in [1.29, 1.82) is 0 Å². The Kier molecular flexibility index (Phi) is 4.20. The first-order valence-corrected chi connectivity index (χ1v) is 6.23. The van der Waals surface area contributed by atoms with Crippen LogP contribution in [0.1, 0.15) is 31.4 Å². The molecule has 4 nitrogen and oxygen atoms in total. The summed E-state index contributed by atoms with van der Waals surface area (Å²) in [7, 11) is 1.64. The molecule has 94 valence electrons. The van der Waals surface area contributed by atoms with Crippen molar-refractivity contribution in [2.45, 2.75) is 38.2 Å². The number of rotatable bonds is 5. The highest BCUT2D eigenvalue weighted by Gasteiger charge is 2.18. The molecule has 1 heterocycles. The van der Waals surface area contributed by atoms with Crippen molar-refractivity contribution in [2.75, 3.05) is 13.7 Å². The standard InChI is InChI=1S/C13H20N2O2/c1-16-13-9-15-10(6-7-14)8-12(13)17-11-4-2-3-5-11/h8-9,11H,2-7,14H2,1H3. The Morgan fingerprint density at radius 2 is 2.12 bits per heavy atom. The Labute approximate surface area is 102 Å². The quantitative estimate of drug-likeness (QED) is 0.848. The van der Waals surface area contributed by atoms with E-state index in [-0.39, 0.29) is 0 Å². The molecule has 0 bridgehead atoms. The summed E-state index contributed by atoms with van der Waals surface area (Å²) in [5.41, 5.74) is 6.49. The molecule has 1 aliphatic carbocycles. The monoisotopic (exact) mass is 236 g/mol. The van der Waals surface area contributed by atoms with Crippen molar-refractivity contribution in [3.8, 4) is 11.5 Å². The summed E-state index contributed by atoms with van der Waals surface area (Å²) >= 11 is 0. The van der Waals surface area contributed by atoms with Gasteiger partial charge in [0.25, 0.3) is 0 Å². The van der Waals surface area contributed by atoms with E-state index in [4.69, 9.17) is 15.2 Å². The number of aromatic nitrogens is 1. The minimum atomic E-state index is 0.331. The molecule has 0 spiro atoms. The van der Waals surface area contributed by atoms with Crippen molar-refractivity contribution in [3.63, 3.8) is 0 Å². The number of ether oxygens (including phenoxy) is 2. The number of hydrogen-bond acceptors (Lipinski definition) is 4. The fourth-order valence-corrected chi connectivity index (χ4v) is 2.18. The van der Waals surface area contributed by atoms with Crippen LogP contribution in [0.5, 0.6) is 11.5 Å². The number of nitrogens with two attached hydrogens (primary N) is 1. The zero-order valence-corrected chi connectivity index (χ0v) is 10.3. The van der Waals surface area contributed by atoms with Crippen LogP contribution in [-0.2, 0) is 6.42 Å². The summed E-state index contributed by atoms with van der Waals surface area (Å²) in [4.78, 5) is 4.29. The first-order chi connectivity index (χ1) is 8.33. The van der Waals surface area contributed by atoms with Gasteiger partial charge in [0.2, 0.25) is 0 Å². The predicted molar refractivity (Wildman–Crippen MR) is 66.4 cm³/mol. The van der Waals surface area contributed by atoms with Gasteiger partial charge >= 0.3 is 0 Å². The van der Waals surface area contributed by atoms with Crippen molar-refractivity contribution >= 4 is 0 Å². The summed E-state index contributed by atoms with van der Waals surface area (Å²) in [5.74, 6) is 1.51. The molecule has 1 aromatic rings. The largest absolute Gasteiger partial charge is 0.491 e. The van der Waals surface area contributed by atoms with Gasteiger partial charge in [0.15, 0.2) is 11.5 Å². The van der Waals surface area contributed by atoms with Crippen LogP contribution in [0.15, 0.2) is 12.3 Å². The van der Waals surface area contributed by atoms with Gasteiger partial charge in [-0.2, -0.15) is 0 Å². The molecule has 4 heteroatoms. The molecule has 2 rings (SSSR count).